The van der Waals surface area contributed by atoms with Crippen molar-refractivity contribution in [1.29, 1.82) is 0 Å². The molecule has 2 aliphatic rings. The van der Waals surface area contributed by atoms with Crippen molar-refractivity contribution in [2.24, 2.45) is 0 Å². The number of morpholine rings is 1. The van der Waals surface area contributed by atoms with Gasteiger partial charge in [-0.15, -0.1) is 0 Å². The van der Waals surface area contributed by atoms with Crippen molar-refractivity contribution < 1.29 is 14.2 Å². The molecule has 128 valence electrons. The first kappa shape index (κ1) is 16.8. The molecule has 3 rings (SSSR count). The molecule has 2 saturated heterocycles. The van der Waals surface area contributed by atoms with Crippen LogP contribution >= 0.6 is 0 Å². The number of hydrogen-bond acceptors (Lipinski definition) is 4. The van der Waals surface area contributed by atoms with Crippen LogP contribution in [0.4, 0.5) is 4.39 Å². The summed E-state index contributed by atoms with van der Waals surface area (Å²) in [6.07, 6.45) is 2.79. The standard InChI is InChI=1S/C18H27FN2O2/c19-17-7-2-1-6-16(17)18(22)14-21-8-4-3-5-15(21)13-20-9-11-23-12-10-20/h1-2,6-7,15,18,22H,3-5,8-14H2. The van der Waals surface area contributed by atoms with Gasteiger partial charge in [-0.3, -0.25) is 9.80 Å². The van der Waals surface area contributed by atoms with E-state index >= 15 is 0 Å². The molecule has 0 radical (unpaired) electrons. The molecule has 5 heteroatoms. The van der Waals surface area contributed by atoms with Gasteiger partial charge in [0.1, 0.15) is 5.82 Å². The van der Waals surface area contributed by atoms with Crippen molar-refractivity contribution in [3.8, 4) is 0 Å². The van der Waals surface area contributed by atoms with Crippen LogP contribution in [0.25, 0.3) is 0 Å². The van der Waals surface area contributed by atoms with Gasteiger partial charge < -0.3 is 9.84 Å². The molecule has 1 aromatic rings. The van der Waals surface area contributed by atoms with Gasteiger partial charge in [0.25, 0.3) is 0 Å². The van der Waals surface area contributed by atoms with Crippen molar-refractivity contribution in [3.05, 3.63) is 35.6 Å². The number of likely N-dealkylation sites (tertiary alicyclic amines) is 1. The molecule has 0 amide bonds. The second kappa shape index (κ2) is 8.20. The van der Waals surface area contributed by atoms with Gasteiger partial charge in [-0.2, -0.15) is 0 Å². The Bertz CT molecular complexity index is 494. The third-order valence-electron chi connectivity index (χ3n) is 4.99. The van der Waals surface area contributed by atoms with Gasteiger partial charge in [-0.1, -0.05) is 24.6 Å². The van der Waals surface area contributed by atoms with E-state index in [9.17, 15) is 9.50 Å². The Hall–Kier alpha value is -1.01. The molecule has 2 fully saturated rings. The fraction of sp³-hybridized carbons (Fsp3) is 0.667. The van der Waals surface area contributed by atoms with Crippen LogP contribution in [0.5, 0.6) is 0 Å². The Morgan fingerprint density at radius 2 is 1.96 bits per heavy atom. The molecule has 0 spiro atoms. The predicted octanol–water partition coefficient (Wildman–Crippen LogP) is 2.05. The molecule has 0 bridgehead atoms. The van der Waals surface area contributed by atoms with Gasteiger partial charge in [0.05, 0.1) is 19.3 Å². The van der Waals surface area contributed by atoms with Crippen LogP contribution in [0.1, 0.15) is 30.9 Å². The highest BCUT2D eigenvalue weighted by atomic mass is 19.1. The zero-order valence-corrected chi connectivity index (χ0v) is 13.7. The third-order valence-corrected chi connectivity index (χ3v) is 4.99. The third kappa shape index (κ3) is 4.51. The monoisotopic (exact) mass is 322 g/mol. The lowest BCUT2D eigenvalue weighted by Crippen LogP contribution is -2.50. The molecule has 0 aliphatic carbocycles. The lowest BCUT2D eigenvalue weighted by atomic mass is 9.99. The molecule has 2 aliphatic heterocycles. The minimum absolute atomic E-state index is 0.318. The van der Waals surface area contributed by atoms with Gasteiger partial charge in [0.2, 0.25) is 0 Å². The minimum atomic E-state index is -0.763. The summed E-state index contributed by atoms with van der Waals surface area (Å²) in [5.41, 5.74) is 0.406. The Labute approximate surface area is 137 Å². The molecule has 0 aromatic heterocycles. The highest BCUT2D eigenvalue weighted by Crippen LogP contribution is 2.24. The molecule has 23 heavy (non-hydrogen) atoms. The summed E-state index contributed by atoms with van der Waals surface area (Å²) in [5, 5.41) is 10.5. The topological polar surface area (TPSA) is 35.9 Å². The van der Waals surface area contributed by atoms with Crippen molar-refractivity contribution in [1.82, 2.24) is 9.80 Å². The van der Waals surface area contributed by atoms with Crippen LogP contribution in [0.3, 0.4) is 0 Å². The van der Waals surface area contributed by atoms with E-state index in [1.807, 2.05) is 0 Å². The molecule has 2 heterocycles. The average molecular weight is 322 g/mol. The zero-order chi connectivity index (χ0) is 16.1. The molecule has 4 nitrogen and oxygen atoms in total. The van der Waals surface area contributed by atoms with Crippen molar-refractivity contribution in [2.75, 3.05) is 45.9 Å². The van der Waals surface area contributed by atoms with E-state index in [1.165, 1.54) is 12.5 Å². The summed E-state index contributed by atoms with van der Waals surface area (Å²) >= 11 is 0. The number of β-amino-alcohol motifs (C(OH)–C–C–N with tert-alkyl or cyclic N) is 1. The number of ether oxygens (including phenoxy) is 1. The maximum atomic E-state index is 13.9. The van der Waals surface area contributed by atoms with Crippen molar-refractivity contribution in [2.45, 2.75) is 31.4 Å². The first-order chi connectivity index (χ1) is 11.2. The summed E-state index contributed by atoms with van der Waals surface area (Å²) in [7, 11) is 0. The van der Waals surface area contributed by atoms with Crippen LogP contribution in [-0.2, 0) is 4.74 Å². The summed E-state index contributed by atoms with van der Waals surface area (Å²) < 4.78 is 19.3. The number of nitrogens with zero attached hydrogens (tertiary/aromatic N) is 2. The van der Waals surface area contributed by atoms with E-state index in [1.54, 1.807) is 18.2 Å². The summed E-state index contributed by atoms with van der Waals surface area (Å²) in [5.74, 6) is -0.318. The zero-order valence-electron chi connectivity index (χ0n) is 13.7. The Balaban J connectivity index is 1.60. The first-order valence-corrected chi connectivity index (χ1v) is 8.70. The Morgan fingerprint density at radius 1 is 1.17 bits per heavy atom. The summed E-state index contributed by atoms with van der Waals surface area (Å²) in [6, 6.07) is 6.99. The van der Waals surface area contributed by atoms with Crippen molar-refractivity contribution >= 4 is 0 Å². The fourth-order valence-electron chi connectivity index (χ4n) is 3.65. The van der Waals surface area contributed by atoms with Crippen LogP contribution in [0, 0.1) is 5.82 Å². The second-order valence-corrected chi connectivity index (χ2v) is 6.59. The maximum Gasteiger partial charge on any atom is 0.129 e. The van der Waals surface area contributed by atoms with E-state index in [0.29, 0.717) is 18.2 Å². The van der Waals surface area contributed by atoms with Gasteiger partial charge in [0.15, 0.2) is 0 Å². The number of halogens is 1. The summed E-state index contributed by atoms with van der Waals surface area (Å²) in [4.78, 5) is 4.79. The largest absolute Gasteiger partial charge is 0.387 e. The molecule has 1 aromatic carbocycles. The normalized spacial score (nSPS) is 25.4. The number of hydrogen-bond donors (Lipinski definition) is 1. The number of aliphatic hydroxyl groups is 1. The maximum absolute atomic E-state index is 13.9. The average Bonchev–Trinajstić information content (AvgIpc) is 2.58. The molecule has 0 saturated carbocycles. The lowest BCUT2D eigenvalue weighted by Gasteiger charge is -2.40. The Kier molecular flexibility index (Phi) is 6.00. The van der Waals surface area contributed by atoms with Gasteiger partial charge in [0, 0.05) is 37.8 Å². The minimum Gasteiger partial charge on any atom is -0.387 e. The van der Waals surface area contributed by atoms with E-state index in [0.717, 1.165) is 52.2 Å². The number of benzene rings is 1. The van der Waals surface area contributed by atoms with Crippen LogP contribution < -0.4 is 0 Å². The van der Waals surface area contributed by atoms with Crippen LogP contribution in [0.15, 0.2) is 24.3 Å². The first-order valence-electron chi connectivity index (χ1n) is 8.70. The molecule has 1 N–H and O–H groups in total. The number of aliphatic hydroxyl groups excluding tert-OH is 1. The summed E-state index contributed by atoms with van der Waals surface area (Å²) in [6.45, 7) is 6.11. The number of piperidine rings is 1. The fourth-order valence-corrected chi connectivity index (χ4v) is 3.65. The van der Waals surface area contributed by atoms with E-state index < -0.39 is 6.10 Å². The van der Waals surface area contributed by atoms with Crippen LogP contribution in [0.2, 0.25) is 0 Å². The molecule has 2 atom stereocenters. The SMILES string of the molecule is OC(CN1CCCCC1CN1CCOCC1)c1ccccc1F. The van der Waals surface area contributed by atoms with Gasteiger partial charge in [-0.05, 0) is 25.5 Å². The lowest BCUT2D eigenvalue weighted by molar-refractivity contribution is 0.00639. The highest BCUT2D eigenvalue weighted by molar-refractivity contribution is 5.20. The predicted molar refractivity (Wildman–Crippen MR) is 87.8 cm³/mol. The molecule has 2 unspecified atom stereocenters. The van der Waals surface area contributed by atoms with Gasteiger partial charge in [-0.25, -0.2) is 4.39 Å². The Morgan fingerprint density at radius 3 is 2.74 bits per heavy atom. The quantitative estimate of drug-likeness (QED) is 0.900. The molecular weight excluding hydrogens is 295 g/mol. The smallest absolute Gasteiger partial charge is 0.129 e. The van der Waals surface area contributed by atoms with E-state index in [-0.39, 0.29) is 5.82 Å². The van der Waals surface area contributed by atoms with Crippen LogP contribution in [-0.4, -0.2) is 66.9 Å². The van der Waals surface area contributed by atoms with Gasteiger partial charge >= 0.3 is 0 Å². The molecular formula is C18H27FN2O2. The highest BCUT2D eigenvalue weighted by Gasteiger charge is 2.27. The number of rotatable bonds is 5. The van der Waals surface area contributed by atoms with E-state index in [4.69, 9.17) is 4.74 Å². The van der Waals surface area contributed by atoms with Crippen molar-refractivity contribution in [3.63, 3.8) is 0 Å². The second-order valence-electron chi connectivity index (χ2n) is 6.59. The van der Waals surface area contributed by atoms with E-state index in [2.05, 4.69) is 9.80 Å².